The number of halogens is 1. The first-order chi connectivity index (χ1) is 12.1. The molecular formula is C20H15BrN2O2. The predicted molar refractivity (Wildman–Crippen MR) is 102 cm³/mol. The average Bonchev–Trinajstić information content (AvgIpc) is 2.63. The molecule has 0 fully saturated rings. The van der Waals surface area contributed by atoms with E-state index in [2.05, 4.69) is 25.9 Å². The van der Waals surface area contributed by atoms with Crippen molar-refractivity contribution in [1.29, 1.82) is 0 Å². The number of carbonyl (C=O) groups is 1. The maximum Gasteiger partial charge on any atom is 0.343 e. The number of rotatable bonds is 4. The molecule has 0 bridgehead atoms. The summed E-state index contributed by atoms with van der Waals surface area (Å²) in [5.74, 6) is 0.0414. The fourth-order valence-electron chi connectivity index (χ4n) is 2.14. The van der Waals surface area contributed by atoms with Gasteiger partial charge in [0.05, 0.1) is 17.4 Å². The van der Waals surface area contributed by atoms with Crippen LogP contribution in [-0.2, 0) is 0 Å². The van der Waals surface area contributed by atoms with Crippen LogP contribution in [0.25, 0.3) is 0 Å². The zero-order valence-electron chi connectivity index (χ0n) is 13.5. The van der Waals surface area contributed by atoms with Crippen LogP contribution in [-0.4, -0.2) is 17.2 Å². The highest BCUT2D eigenvalue weighted by Crippen LogP contribution is 2.24. The van der Waals surface area contributed by atoms with Gasteiger partial charge < -0.3 is 4.74 Å². The Balaban J connectivity index is 1.85. The third-order valence-electron chi connectivity index (χ3n) is 3.46. The van der Waals surface area contributed by atoms with Crippen molar-refractivity contribution >= 4 is 33.8 Å². The minimum Gasteiger partial charge on any atom is -0.422 e. The Bertz CT molecular complexity index is 907. The van der Waals surface area contributed by atoms with E-state index >= 15 is 0 Å². The summed E-state index contributed by atoms with van der Waals surface area (Å²) in [6, 6.07) is 16.3. The number of nitrogens with zero attached hydrogens (tertiary/aromatic N) is 2. The Morgan fingerprint density at radius 2 is 1.96 bits per heavy atom. The van der Waals surface area contributed by atoms with E-state index in [9.17, 15) is 4.79 Å². The number of aliphatic imine (C=N–C) groups is 1. The molecule has 0 saturated carbocycles. The van der Waals surface area contributed by atoms with Crippen LogP contribution in [0.2, 0.25) is 0 Å². The molecule has 124 valence electrons. The van der Waals surface area contributed by atoms with Gasteiger partial charge in [-0.15, -0.1) is 0 Å². The van der Waals surface area contributed by atoms with Crippen LogP contribution in [0.3, 0.4) is 0 Å². The summed E-state index contributed by atoms with van der Waals surface area (Å²) in [7, 11) is 0. The standard InChI is InChI=1S/C20H15BrN2O2/c1-14-4-6-15(7-5-14)20(24)25-19-9-8-17(21)11-16(19)12-23-18-3-2-10-22-13-18/h2-13H,1H3. The van der Waals surface area contributed by atoms with Gasteiger partial charge in [0.25, 0.3) is 0 Å². The van der Waals surface area contributed by atoms with Crippen LogP contribution < -0.4 is 4.74 Å². The molecule has 3 aromatic rings. The molecule has 0 N–H and O–H groups in total. The van der Waals surface area contributed by atoms with Crippen molar-refractivity contribution in [2.24, 2.45) is 4.99 Å². The third kappa shape index (κ3) is 4.61. The molecule has 0 aliphatic rings. The van der Waals surface area contributed by atoms with E-state index < -0.39 is 5.97 Å². The molecule has 4 nitrogen and oxygen atoms in total. The van der Waals surface area contributed by atoms with Gasteiger partial charge in [-0.05, 0) is 49.4 Å². The van der Waals surface area contributed by atoms with Gasteiger partial charge in [0.15, 0.2) is 0 Å². The Morgan fingerprint density at radius 1 is 1.16 bits per heavy atom. The highest BCUT2D eigenvalue weighted by Gasteiger charge is 2.11. The van der Waals surface area contributed by atoms with Crippen LogP contribution in [0.5, 0.6) is 5.75 Å². The van der Waals surface area contributed by atoms with Crippen LogP contribution in [0.1, 0.15) is 21.5 Å². The first-order valence-electron chi connectivity index (χ1n) is 7.64. The number of benzene rings is 2. The number of esters is 1. The molecule has 0 aliphatic heterocycles. The predicted octanol–water partition coefficient (Wildman–Crippen LogP) is 5.12. The van der Waals surface area contributed by atoms with Crippen molar-refractivity contribution in [2.45, 2.75) is 6.92 Å². The first-order valence-corrected chi connectivity index (χ1v) is 8.43. The van der Waals surface area contributed by atoms with E-state index in [0.29, 0.717) is 16.9 Å². The van der Waals surface area contributed by atoms with Gasteiger partial charge >= 0.3 is 5.97 Å². The lowest BCUT2D eigenvalue weighted by Gasteiger charge is -2.08. The molecular weight excluding hydrogens is 380 g/mol. The van der Waals surface area contributed by atoms with Crippen molar-refractivity contribution in [3.8, 4) is 5.75 Å². The molecule has 5 heteroatoms. The highest BCUT2D eigenvalue weighted by atomic mass is 79.9. The number of aryl methyl sites for hydroxylation is 1. The lowest BCUT2D eigenvalue weighted by molar-refractivity contribution is 0.0734. The summed E-state index contributed by atoms with van der Waals surface area (Å²) in [5.41, 5.74) is 3.00. The lowest BCUT2D eigenvalue weighted by Crippen LogP contribution is -2.09. The minimum atomic E-state index is -0.404. The maximum absolute atomic E-state index is 12.3. The normalized spacial score (nSPS) is 10.8. The van der Waals surface area contributed by atoms with Crippen molar-refractivity contribution in [2.75, 3.05) is 0 Å². The van der Waals surface area contributed by atoms with E-state index in [1.165, 1.54) is 0 Å². The largest absolute Gasteiger partial charge is 0.422 e. The second-order valence-electron chi connectivity index (χ2n) is 5.41. The summed E-state index contributed by atoms with van der Waals surface area (Å²) in [5, 5.41) is 0. The Morgan fingerprint density at radius 3 is 2.68 bits per heavy atom. The number of aromatic nitrogens is 1. The summed E-state index contributed by atoms with van der Waals surface area (Å²) < 4.78 is 6.42. The van der Waals surface area contributed by atoms with Crippen LogP contribution in [0.4, 0.5) is 5.69 Å². The molecule has 1 heterocycles. The number of hydrogen-bond acceptors (Lipinski definition) is 4. The number of ether oxygens (including phenoxy) is 1. The van der Waals surface area contributed by atoms with Gasteiger partial charge in [0.1, 0.15) is 5.75 Å². The van der Waals surface area contributed by atoms with Crippen LogP contribution in [0, 0.1) is 6.92 Å². The quantitative estimate of drug-likeness (QED) is 0.350. The SMILES string of the molecule is Cc1ccc(C(=O)Oc2ccc(Br)cc2C=Nc2cccnc2)cc1. The molecule has 0 spiro atoms. The number of pyridine rings is 1. The van der Waals surface area contributed by atoms with E-state index in [0.717, 1.165) is 15.7 Å². The van der Waals surface area contributed by atoms with Crippen LogP contribution in [0.15, 0.2) is 76.5 Å². The molecule has 0 unspecified atom stereocenters. The summed E-state index contributed by atoms with van der Waals surface area (Å²) in [6.45, 7) is 1.97. The van der Waals surface area contributed by atoms with Crippen molar-refractivity contribution in [1.82, 2.24) is 4.98 Å². The molecule has 0 radical (unpaired) electrons. The summed E-state index contributed by atoms with van der Waals surface area (Å²) in [6.07, 6.45) is 5.00. The van der Waals surface area contributed by atoms with Crippen molar-refractivity contribution in [3.63, 3.8) is 0 Å². The number of hydrogen-bond donors (Lipinski definition) is 0. The van der Waals surface area contributed by atoms with E-state index in [1.807, 2.05) is 43.3 Å². The molecule has 1 aromatic heterocycles. The van der Waals surface area contributed by atoms with Gasteiger partial charge in [-0.3, -0.25) is 9.98 Å². The topological polar surface area (TPSA) is 51.5 Å². The fraction of sp³-hybridized carbons (Fsp3) is 0.0500. The Hall–Kier alpha value is -2.79. The minimum absolute atomic E-state index is 0.404. The van der Waals surface area contributed by atoms with E-state index in [1.54, 1.807) is 36.8 Å². The van der Waals surface area contributed by atoms with E-state index in [4.69, 9.17) is 4.74 Å². The molecule has 2 aromatic carbocycles. The second kappa shape index (κ2) is 7.85. The van der Waals surface area contributed by atoms with Gasteiger partial charge in [-0.2, -0.15) is 0 Å². The average molecular weight is 395 g/mol. The Labute approximate surface area is 154 Å². The van der Waals surface area contributed by atoms with E-state index in [-0.39, 0.29) is 0 Å². The van der Waals surface area contributed by atoms with Crippen LogP contribution >= 0.6 is 15.9 Å². The molecule has 0 saturated heterocycles. The summed E-state index contributed by atoms with van der Waals surface area (Å²) in [4.78, 5) is 20.7. The third-order valence-corrected chi connectivity index (χ3v) is 3.95. The Kier molecular flexibility index (Phi) is 5.36. The van der Waals surface area contributed by atoms with Gasteiger partial charge in [0.2, 0.25) is 0 Å². The zero-order valence-corrected chi connectivity index (χ0v) is 15.1. The van der Waals surface area contributed by atoms with Gasteiger partial charge in [-0.25, -0.2) is 4.79 Å². The first kappa shape index (κ1) is 17.0. The lowest BCUT2D eigenvalue weighted by atomic mass is 10.1. The fourth-order valence-corrected chi connectivity index (χ4v) is 2.51. The van der Waals surface area contributed by atoms with Crippen molar-refractivity contribution < 1.29 is 9.53 Å². The molecule has 0 amide bonds. The molecule has 0 atom stereocenters. The maximum atomic E-state index is 12.3. The second-order valence-corrected chi connectivity index (χ2v) is 6.32. The van der Waals surface area contributed by atoms with Gasteiger partial charge in [-0.1, -0.05) is 33.6 Å². The highest BCUT2D eigenvalue weighted by molar-refractivity contribution is 9.10. The number of carbonyl (C=O) groups excluding carboxylic acids is 1. The van der Waals surface area contributed by atoms with Gasteiger partial charge in [0, 0.05) is 22.4 Å². The molecule has 0 aliphatic carbocycles. The summed E-state index contributed by atoms with van der Waals surface area (Å²) >= 11 is 3.43. The molecule has 3 rings (SSSR count). The zero-order chi connectivity index (χ0) is 17.6. The molecule has 25 heavy (non-hydrogen) atoms. The van der Waals surface area contributed by atoms with Crippen molar-refractivity contribution in [3.05, 3.63) is 88.2 Å². The monoisotopic (exact) mass is 394 g/mol. The smallest absolute Gasteiger partial charge is 0.343 e.